The predicted molar refractivity (Wildman–Crippen MR) is 118 cm³/mol. The highest BCUT2D eigenvalue weighted by atomic mass is 32.2. The molecule has 2 N–H and O–H groups in total. The van der Waals surface area contributed by atoms with E-state index in [0.717, 1.165) is 44.2 Å². The first-order valence-corrected chi connectivity index (χ1v) is 12.1. The van der Waals surface area contributed by atoms with E-state index >= 15 is 0 Å². The van der Waals surface area contributed by atoms with E-state index in [4.69, 9.17) is 5.73 Å². The van der Waals surface area contributed by atoms with Crippen LogP contribution in [0.5, 0.6) is 0 Å². The number of anilines is 1. The third-order valence-electron chi connectivity index (χ3n) is 6.15. The minimum Gasteiger partial charge on any atom is -0.364 e. The number of likely N-dealkylation sites (tertiary alicyclic amines) is 1. The van der Waals surface area contributed by atoms with E-state index in [2.05, 4.69) is 39.0 Å². The lowest BCUT2D eigenvalue weighted by atomic mass is 9.76. The number of benzene rings is 1. The molecule has 6 nitrogen and oxygen atoms in total. The van der Waals surface area contributed by atoms with Crippen LogP contribution in [0.25, 0.3) is 0 Å². The monoisotopic (exact) mass is 430 g/mol. The Balaban J connectivity index is 1.53. The number of thioether (sulfide) groups is 1. The summed E-state index contributed by atoms with van der Waals surface area (Å²) >= 11 is 3.06. The zero-order valence-electron chi connectivity index (χ0n) is 16.5. The normalized spacial score (nSPS) is 23.4. The second-order valence-corrected chi connectivity index (χ2v) is 9.71. The van der Waals surface area contributed by atoms with E-state index in [1.165, 1.54) is 16.9 Å². The molecule has 0 aliphatic carbocycles. The van der Waals surface area contributed by atoms with E-state index in [1.54, 1.807) is 17.1 Å². The molecule has 0 spiro atoms. The smallest absolute Gasteiger partial charge is 0.268 e. The van der Waals surface area contributed by atoms with Gasteiger partial charge in [0.2, 0.25) is 5.91 Å². The number of aryl methyl sites for hydroxylation is 1. The summed E-state index contributed by atoms with van der Waals surface area (Å²) in [4.78, 5) is 32.8. The molecule has 1 aromatic heterocycles. The number of nitrogens with two attached hydrogens (primary N) is 1. The van der Waals surface area contributed by atoms with Crippen LogP contribution < -0.4 is 10.6 Å². The molecular formula is C21H26N4O2S2. The zero-order valence-corrected chi connectivity index (χ0v) is 18.2. The highest BCUT2D eigenvalue weighted by molar-refractivity contribution is 7.99. The van der Waals surface area contributed by atoms with Gasteiger partial charge in [-0.1, -0.05) is 30.3 Å². The number of primary amides is 1. The van der Waals surface area contributed by atoms with Crippen LogP contribution in [0.2, 0.25) is 0 Å². The molecule has 0 bridgehead atoms. The first-order valence-electron chi connectivity index (χ1n) is 9.82. The Morgan fingerprint density at radius 2 is 2.07 bits per heavy atom. The van der Waals surface area contributed by atoms with Gasteiger partial charge in [-0.25, -0.2) is 4.98 Å². The Kier molecular flexibility index (Phi) is 5.83. The first kappa shape index (κ1) is 20.2. The molecule has 0 radical (unpaired) electrons. The maximum atomic E-state index is 12.6. The Hall–Kier alpha value is -2.06. The summed E-state index contributed by atoms with van der Waals surface area (Å²) in [5.74, 6) is 0.708. The topological polar surface area (TPSA) is 79.5 Å². The number of hydrogen-bond acceptors (Lipinski definition) is 6. The quantitative estimate of drug-likeness (QED) is 0.730. The summed E-state index contributed by atoms with van der Waals surface area (Å²) < 4.78 is 0. The van der Waals surface area contributed by atoms with Gasteiger partial charge in [0.1, 0.15) is 5.69 Å². The summed E-state index contributed by atoms with van der Waals surface area (Å²) in [6.45, 7) is 3.33. The van der Waals surface area contributed by atoms with Crippen LogP contribution in [0.15, 0.2) is 35.7 Å². The molecule has 8 heteroatoms. The fourth-order valence-corrected chi connectivity index (χ4v) is 5.90. The molecule has 2 aromatic rings. The number of rotatable bonds is 7. The molecule has 4 rings (SSSR count). The van der Waals surface area contributed by atoms with E-state index in [1.807, 2.05) is 12.3 Å². The number of carbonyl (C=O) groups is 2. The number of aromatic nitrogens is 1. The lowest BCUT2D eigenvalue weighted by Crippen LogP contribution is -2.38. The SMILES string of the molecule is CSCC(=O)N1CC2CN(c3nc(C(N)=O)cs3)CC2(CCc2ccccc2)C1. The maximum Gasteiger partial charge on any atom is 0.268 e. The van der Waals surface area contributed by atoms with Crippen LogP contribution in [-0.2, 0) is 11.2 Å². The summed E-state index contributed by atoms with van der Waals surface area (Å²) in [6.07, 6.45) is 4.01. The lowest BCUT2D eigenvalue weighted by Gasteiger charge is -2.29. The summed E-state index contributed by atoms with van der Waals surface area (Å²) in [5, 5.41) is 2.59. The largest absolute Gasteiger partial charge is 0.364 e. The highest BCUT2D eigenvalue weighted by Crippen LogP contribution is 2.47. The molecule has 154 valence electrons. The third kappa shape index (κ3) is 4.14. The zero-order chi connectivity index (χ0) is 20.4. The first-order chi connectivity index (χ1) is 14.0. The van der Waals surface area contributed by atoms with Gasteiger partial charge in [-0.2, -0.15) is 11.8 Å². The van der Waals surface area contributed by atoms with Crippen molar-refractivity contribution in [3.8, 4) is 0 Å². The van der Waals surface area contributed by atoms with Crippen molar-refractivity contribution in [2.45, 2.75) is 12.8 Å². The summed E-state index contributed by atoms with van der Waals surface area (Å²) in [5.41, 5.74) is 7.10. The van der Waals surface area contributed by atoms with Crippen LogP contribution in [-0.4, -0.2) is 59.9 Å². The van der Waals surface area contributed by atoms with Crippen LogP contribution in [0.4, 0.5) is 5.13 Å². The van der Waals surface area contributed by atoms with Crippen molar-refractivity contribution in [3.63, 3.8) is 0 Å². The number of amides is 2. The Morgan fingerprint density at radius 3 is 2.76 bits per heavy atom. The minimum absolute atomic E-state index is 0.0580. The van der Waals surface area contributed by atoms with Gasteiger partial charge in [0.25, 0.3) is 5.91 Å². The maximum absolute atomic E-state index is 12.6. The van der Waals surface area contributed by atoms with Gasteiger partial charge in [0, 0.05) is 42.9 Å². The number of fused-ring (bicyclic) bond motifs is 1. The van der Waals surface area contributed by atoms with Crippen molar-refractivity contribution >= 4 is 40.0 Å². The summed E-state index contributed by atoms with van der Waals surface area (Å²) in [6, 6.07) is 10.5. The fraction of sp³-hybridized carbons (Fsp3) is 0.476. The molecule has 2 unspecified atom stereocenters. The number of hydrogen-bond donors (Lipinski definition) is 1. The molecule has 3 heterocycles. The molecule has 2 amide bonds. The van der Waals surface area contributed by atoms with Gasteiger partial charge < -0.3 is 15.5 Å². The minimum atomic E-state index is -0.487. The van der Waals surface area contributed by atoms with Crippen LogP contribution in [0.1, 0.15) is 22.5 Å². The van der Waals surface area contributed by atoms with Crippen LogP contribution in [0, 0.1) is 11.3 Å². The Morgan fingerprint density at radius 1 is 1.28 bits per heavy atom. The third-order valence-corrected chi connectivity index (χ3v) is 7.59. The van der Waals surface area contributed by atoms with E-state index in [-0.39, 0.29) is 11.3 Å². The van der Waals surface area contributed by atoms with Crippen molar-refractivity contribution in [3.05, 3.63) is 47.0 Å². The highest BCUT2D eigenvalue weighted by Gasteiger charge is 2.53. The van der Waals surface area contributed by atoms with Crippen LogP contribution >= 0.6 is 23.1 Å². The lowest BCUT2D eigenvalue weighted by molar-refractivity contribution is -0.127. The van der Waals surface area contributed by atoms with Gasteiger partial charge in [-0.05, 0) is 24.7 Å². The van der Waals surface area contributed by atoms with Crippen LogP contribution in [0.3, 0.4) is 0 Å². The average Bonchev–Trinajstić information content (AvgIpc) is 3.40. The number of nitrogens with zero attached hydrogens (tertiary/aromatic N) is 3. The van der Waals surface area contributed by atoms with Crippen molar-refractivity contribution in [1.29, 1.82) is 0 Å². The Labute approximate surface area is 179 Å². The Bertz CT molecular complexity index is 888. The number of carbonyl (C=O) groups excluding carboxylic acids is 2. The van der Waals surface area contributed by atoms with Crippen molar-refractivity contribution < 1.29 is 9.59 Å². The molecule has 1 aromatic carbocycles. The fourth-order valence-electron chi connectivity index (χ4n) is 4.65. The van der Waals surface area contributed by atoms with Gasteiger partial charge >= 0.3 is 0 Å². The molecular weight excluding hydrogens is 404 g/mol. The molecule has 29 heavy (non-hydrogen) atoms. The molecule has 2 fully saturated rings. The number of thiazole rings is 1. The van der Waals surface area contributed by atoms with Crippen molar-refractivity contribution in [1.82, 2.24) is 9.88 Å². The van der Waals surface area contributed by atoms with Gasteiger partial charge in [0.15, 0.2) is 5.13 Å². The molecule has 2 aliphatic rings. The van der Waals surface area contributed by atoms with E-state index in [0.29, 0.717) is 17.4 Å². The molecule has 0 saturated carbocycles. The molecule has 2 aliphatic heterocycles. The van der Waals surface area contributed by atoms with Crippen molar-refractivity contribution in [2.24, 2.45) is 17.1 Å². The molecule has 2 saturated heterocycles. The summed E-state index contributed by atoms with van der Waals surface area (Å²) in [7, 11) is 0. The molecule has 2 atom stereocenters. The standard InChI is InChI=1S/C21H26N4O2S2/c1-28-12-18(26)24-9-16-10-25(20-23-17(11-29-20)19(22)27)14-21(16,13-24)8-7-15-5-3-2-4-6-15/h2-6,11,16H,7-10,12-14H2,1H3,(H2,22,27). The second kappa shape index (κ2) is 8.36. The average molecular weight is 431 g/mol. The van der Waals surface area contributed by atoms with Gasteiger partial charge in [0.05, 0.1) is 5.75 Å². The van der Waals surface area contributed by atoms with E-state index < -0.39 is 5.91 Å². The van der Waals surface area contributed by atoms with Crippen molar-refractivity contribution in [2.75, 3.05) is 43.1 Å². The van der Waals surface area contributed by atoms with E-state index in [9.17, 15) is 9.59 Å². The predicted octanol–water partition coefficient (Wildman–Crippen LogP) is 2.50. The second-order valence-electron chi connectivity index (χ2n) is 8.01. The van der Waals surface area contributed by atoms with Gasteiger partial charge in [-0.3, -0.25) is 9.59 Å². The van der Waals surface area contributed by atoms with Gasteiger partial charge in [-0.15, -0.1) is 11.3 Å².